The number of aliphatic imine (C=N–C) groups is 1. The molecule has 7 nitrogen and oxygen atoms in total. The fourth-order valence-electron chi connectivity index (χ4n) is 2.45. The van der Waals surface area contributed by atoms with Gasteiger partial charge in [-0.25, -0.2) is 8.42 Å². The topological polar surface area (TPSA) is 83.0 Å². The van der Waals surface area contributed by atoms with Crippen molar-refractivity contribution in [2.45, 2.75) is 53.1 Å². The Morgan fingerprint density at radius 2 is 1.73 bits per heavy atom. The highest BCUT2D eigenvalue weighted by molar-refractivity contribution is 14.0. The Balaban J connectivity index is 0. The number of nitrogens with one attached hydrogen (secondary N) is 2. The van der Waals surface area contributed by atoms with E-state index in [-0.39, 0.29) is 36.3 Å². The van der Waals surface area contributed by atoms with Crippen LogP contribution in [0.4, 0.5) is 0 Å². The molecule has 0 radical (unpaired) electrons. The molecule has 0 aromatic carbocycles. The predicted molar refractivity (Wildman–Crippen MR) is 122 cm³/mol. The molecule has 0 aliphatic heterocycles. The van der Waals surface area contributed by atoms with Gasteiger partial charge in [0.25, 0.3) is 0 Å². The quantitative estimate of drug-likeness (QED) is 0.171. The summed E-state index contributed by atoms with van der Waals surface area (Å²) in [4.78, 5) is 7.04. The molecule has 0 amide bonds. The van der Waals surface area contributed by atoms with E-state index in [0.717, 1.165) is 32.0 Å². The minimum atomic E-state index is -2.96. The van der Waals surface area contributed by atoms with Crippen LogP contribution in [-0.2, 0) is 14.6 Å². The van der Waals surface area contributed by atoms with Crippen molar-refractivity contribution in [1.82, 2.24) is 15.5 Å². The summed E-state index contributed by atoms with van der Waals surface area (Å²) in [5.41, 5.74) is 0. The van der Waals surface area contributed by atoms with Crippen LogP contribution in [0.1, 0.15) is 41.0 Å². The third-order valence-corrected chi connectivity index (χ3v) is 4.56. The van der Waals surface area contributed by atoms with E-state index in [2.05, 4.69) is 48.2 Å². The largest absolute Gasteiger partial charge is 0.379 e. The first kappa shape index (κ1) is 28.1. The minimum absolute atomic E-state index is 0. The lowest BCUT2D eigenvalue weighted by Gasteiger charge is -2.30. The van der Waals surface area contributed by atoms with E-state index in [1.54, 1.807) is 0 Å². The van der Waals surface area contributed by atoms with Crippen molar-refractivity contribution in [1.29, 1.82) is 0 Å². The predicted octanol–water partition coefficient (Wildman–Crippen LogP) is 1.73. The molecule has 0 spiro atoms. The second-order valence-corrected chi connectivity index (χ2v) is 8.97. The van der Waals surface area contributed by atoms with E-state index in [1.165, 1.54) is 6.26 Å². The van der Waals surface area contributed by atoms with Crippen LogP contribution < -0.4 is 10.6 Å². The Hall–Kier alpha value is -0.130. The van der Waals surface area contributed by atoms with Gasteiger partial charge in [-0.3, -0.25) is 9.89 Å². The van der Waals surface area contributed by atoms with E-state index in [0.29, 0.717) is 25.2 Å². The molecule has 0 aliphatic carbocycles. The first-order valence-electron chi connectivity index (χ1n) is 9.20. The van der Waals surface area contributed by atoms with Gasteiger partial charge >= 0.3 is 0 Å². The van der Waals surface area contributed by atoms with E-state index >= 15 is 0 Å². The highest BCUT2D eigenvalue weighted by Crippen LogP contribution is 2.05. The first-order valence-corrected chi connectivity index (χ1v) is 11.3. The van der Waals surface area contributed by atoms with E-state index in [9.17, 15) is 8.42 Å². The SMILES string of the molecule is CCNC(=NCCCN(C(C)C)C(C)C)NCCOCCS(C)(=O)=O.I. The molecule has 2 N–H and O–H groups in total. The normalized spacial score (nSPS) is 12.6. The van der Waals surface area contributed by atoms with Gasteiger partial charge < -0.3 is 15.4 Å². The molecule has 0 fully saturated rings. The maximum absolute atomic E-state index is 11.0. The van der Waals surface area contributed by atoms with Crippen molar-refractivity contribution >= 4 is 39.8 Å². The number of guanidine groups is 1. The van der Waals surface area contributed by atoms with Crippen molar-refractivity contribution < 1.29 is 13.2 Å². The zero-order chi connectivity index (χ0) is 19.3. The second-order valence-electron chi connectivity index (χ2n) is 6.71. The number of nitrogens with zero attached hydrogens (tertiary/aromatic N) is 2. The third-order valence-electron chi connectivity index (χ3n) is 3.65. The molecule has 0 rings (SSSR count). The van der Waals surface area contributed by atoms with Gasteiger partial charge in [-0.2, -0.15) is 0 Å². The number of hydrogen-bond acceptors (Lipinski definition) is 5. The van der Waals surface area contributed by atoms with Crippen molar-refractivity contribution in [2.24, 2.45) is 4.99 Å². The number of hydrogen-bond donors (Lipinski definition) is 2. The number of rotatable bonds is 13. The zero-order valence-corrected chi connectivity index (χ0v) is 20.4. The van der Waals surface area contributed by atoms with Crippen LogP contribution in [0.2, 0.25) is 0 Å². The van der Waals surface area contributed by atoms with Crippen molar-refractivity contribution in [3.8, 4) is 0 Å². The van der Waals surface area contributed by atoms with Gasteiger partial charge in [0, 0.05) is 44.5 Å². The monoisotopic (exact) mass is 506 g/mol. The fraction of sp³-hybridized carbons (Fsp3) is 0.941. The highest BCUT2D eigenvalue weighted by atomic mass is 127. The molecule has 0 aromatic rings. The van der Waals surface area contributed by atoms with Gasteiger partial charge in [-0.1, -0.05) is 0 Å². The summed E-state index contributed by atoms with van der Waals surface area (Å²) in [5.74, 6) is 0.832. The number of ether oxygens (including phenoxy) is 1. The van der Waals surface area contributed by atoms with Crippen LogP contribution in [0.3, 0.4) is 0 Å². The molecule has 158 valence electrons. The van der Waals surface area contributed by atoms with Crippen molar-refractivity contribution in [2.75, 3.05) is 51.4 Å². The van der Waals surface area contributed by atoms with E-state index in [4.69, 9.17) is 4.74 Å². The Bertz CT molecular complexity index is 463. The lowest BCUT2D eigenvalue weighted by molar-refractivity contribution is 0.154. The molecule has 26 heavy (non-hydrogen) atoms. The molecule has 0 saturated heterocycles. The van der Waals surface area contributed by atoms with E-state index < -0.39 is 9.84 Å². The summed E-state index contributed by atoms with van der Waals surface area (Å²) >= 11 is 0. The fourth-order valence-corrected chi connectivity index (χ4v) is 2.87. The second kappa shape index (κ2) is 15.9. The lowest BCUT2D eigenvalue weighted by atomic mass is 10.2. The lowest BCUT2D eigenvalue weighted by Crippen LogP contribution is -2.40. The molecule has 0 heterocycles. The van der Waals surface area contributed by atoms with Gasteiger partial charge in [-0.05, 0) is 41.0 Å². The van der Waals surface area contributed by atoms with Gasteiger partial charge in [0.05, 0.1) is 19.0 Å². The molecule has 0 aromatic heterocycles. The summed E-state index contributed by atoms with van der Waals surface area (Å²) in [6.45, 7) is 14.8. The minimum Gasteiger partial charge on any atom is -0.379 e. The van der Waals surface area contributed by atoms with Crippen LogP contribution in [0.25, 0.3) is 0 Å². The first-order chi connectivity index (χ1) is 11.7. The summed E-state index contributed by atoms with van der Waals surface area (Å²) in [5, 5.41) is 6.41. The molecule has 0 atom stereocenters. The molecule has 0 aliphatic rings. The molecule has 0 bridgehead atoms. The van der Waals surface area contributed by atoms with E-state index in [1.807, 2.05) is 6.92 Å². The maximum Gasteiger partial charge on any atom is 0.191 e. The Morgan fingerprint density at radius 3 is 2.23 bits per heavy atom. The standard InChI is InChI=1S/C17H38N4O3S.HI/c1-7-18-17(20-10-12-24-13-14-25(6,22)23)19-9-8-11-21(15(2)3)16(4)5;/h15-16H,7-14H2,1-6H3,(H2,18,19,20);1H. The van der Waals surface area contributed by atoms with Crippen molar-refractivity contribution in [3.63, 3.8) is 0 Å². The highest BCUT2D eigenvalue weighted by Gasteiger charge is 2.12. The van der Waals surface area contributed by atoms with Crippen LogP contribution in [0, 0.1) is 0 Å². The average molecular weight is 506 g/mol. The van der Waals surface area contributed by atoms with Gasteiger partial charge in [-0.15, -0.1) is 24.0 Å². The summed E-state index contributed by atoms with van der Waals surface area (Å²) in [7, 11) is -2.96. The molecular formula is C17H39IN4O3S. The van der Waals surface area contributed by atoms with Crippen LogP contribution >= 0.6 is 24.0 Å². The molecule has 9 heteroatoms. The van der Waals surface area contributed by atoms with Gasteiger partial charge in [0.1, 0.15) is 9.84 Å². The Morgan fingerprint density at radius 1 is 1.12 bits per heavy atom. The zero-order valence-electron chi connectivity index (χ0n) is 17.2. The number of sulfone groups is 1. The smallest absolute Gasteiger partial charge is 0.191 e. The maximum atomic E-state index is 11.0. The van der Waals surface area contributed by atoms with Gasteiger partial charge in [0.2, 0.25) is 0 Å². The van der Waals surface area contributed by atoms with Crippen LogP contribution in [0.5, 0.6) is 0 Å². The van der Waals surface area contributed by atoms with Crippen LogP contribution in [-0.4, -0.2) is 82.8 Å². The van der Waals surface area contributed by atoms with Crippen LogP contribution in [0.15, 0.2) is 4.99 Å². The average Bonchev–Trinajstić information content (AvgIpc) is 2.48. The van der Waals surface area contributed by atoms with Gasteiger partial charge in [0.15, 0.2) is 5.96 Å². The molecular weight excluding hydrogens is 467 g/mol. The van der Waals surface area contributed by atoms with Crippen molar-refractivity contribution in [3.05, 3.63) is 0 Å². The summed E-state index contributed by atoms with van der Waals surface area (Å²) in [6.07, 6.45) is 2.22. The molecule has 0 saturated carbocycles. The Kier molecular flexibility index (Phi) is 17.2. The third kappa shape index (κ3) is 16.1. The number of halogens is 1. The Labute approximate surface area is 177 Å². The summed E-state index contributed by atoms with van der Waals surface area (Å²) in [6, 6.07) is 1.08. The summed E-state index contributed by atoms with van der Waals surface area (Å²) < 4.78 is 27.3. The molecule has 0 unspecified atom stereocenters.